The van der Waals surface area contributed by atoms with E-state index >= 15 is 0 Å². The Balaban J connectivity index is 2.32. The standard InChI is InChI=1S/C15H14Cl2FNS/c1-19(2)9-10-7-12(18)4-6-14(10)20-15-5-3-11(16)8-13(15)17/h3-8H,9H2,1-2H3. The minimum atomic E-state index is -0.228. The van der Waals surface area contributed by atoms with Crippen LogP contribution in [0.3, 0.4) is 0 Å². The van der Waals surface area contributed by atoms with Crippen LogP contribution in [0.15, 0.2) is 46.2 Å². The van der Waals surface area contributed by atoms with Crippen LogP contribution in [0.2, 0.25) is 10.0 Å². The van der Waals surface area contributed by atoms with Gasteiger partial charge >= 0.3 is 0 Å². The molecule has 2 rings (SSSR count). The molecule has 0 aliphatic heterocycles. The predicted molar refractivity (Wildman–Crippen MR) is 84.4 cm³/mol. The van der Waals surface area contributed by atoms with E-state index in [1.807, 2.05) is 25.1 Å². The summed E-state index contributed by atoms with van der Waals surface area (Å²) in [5.41, 5.74) is 0.936. The molecule has 1 nitrogen and oxygen atoms in total. The first-order valence-electron chi connectivity index (χ1n) is 6.02. The summed E-state index contributed by atoms with van der Waals surface area (Å²) in [7, 11) is 3.91. The van der Waals surface area contributed by atoms with Gasteiger partial charge in [-0.05, 0) is 56.1 Å². The molecule has 0 heterocycles. The molecule has 0 unspecified atom stereocenters. The first-order chi connectivity index (χ1) is 9.45. The van der Waals surface area contributed by atoms with Crippen molar-refractivity contribution in [2.24, 2.45) is 0 Å². The maximum atomic E-state index is 13.4. The van der Waals surface area contributed by atoms with Crippen molar-refractivity contribution in [3.05, 3.63) is 57.8 Å². The lowest BCUT2D eigenvalue weighted by atomic mass is 10.2. The third kappa shape index (κ3) is 4.13. The van der Waals surface area contributed by atoms with Crippen molar-refractivity contribution in [2.45, 2.75) is 16.3 Å². The highest BCUT2D eigenvalue weighted by molar-refractivity contribution is 7.99. The average Bonchev–Trinajstić information content (AvgIpc) is 2.34. The molecule has 5 heteroatoms. The van der Waals surface area contributed by atoms with Crippen LogP contribution in [0.25, 0.3) is 0 Å². The number of nitrogens with zero attached hydrogens (tertiary/aromatic N) is 1. The molecule has 0 spiro atoms. The van der Waals surface area contributed by atoms with Crippen molar-refractivity contribution >= 4 is 35.0 Å². The number of benzene rings is 2. The Labute approximate surface area is 132 Å². The van der Waals surface area contributed by atoms with E-state index in [2.05, 4.69) is 0 Å². The van der Waals surface area contributed by atoms with Crippen molar-refractivity contribution in [1.82, 2.24) is 4.90 Å². The second-order valence-corrected chi connectivity index (χ2v) is 6.59. The molecule has 0 amide bonds. The van der Waals surface area contributed by atoms with Crippen molar-refractivity contribution in [3.63, 3.8) is 0 Å². The summed E-state index contributed by atoms with van der Waals surface area (Å²) < 4.78 is 13.4. The summed E-state index contributed by atoms with van der Waals surface area (Å²) in [6.07, 6.45) is 0. The van der Waals surface area contributed by atoms with Gasteiger partial charge in [0.2, 0.25) is 0 Å². The van der Waals surface area contributed by atoms with Crippen LogP contribution in [-0.4, -0.2) is 19.0 Å². The van der Waals surface area contributed by atoms with E-state index in [-0.39, 0.29) is 5.82 Å². The van der Waals surface area contributed by atoms with E-state index in [0.29, 0.717) is 16.6 Å². The molecule has 2 aromatic rings. The van der Waals surface area contributed by atoms with Crippen LogP contribution in [0.4, 0.5) is 4.39 Å². The first kappa shape index (κ1) is 15.6. The largest absolute Gasteiger partial charge is 0.305 e. The van der Waals surface area contributed by atoms with Crippen LogP contribution < -0.4 is 0 Å². The smallest absolute Gasteiger partial charge is 0.123 e. The van der Waals surface area contributed by atoms with Gasteiger partial charge in [0.05, 0.1) is 5.02 Å². The van der Waals surface area contributed by atoms with Crippen LogP contribution >= 0.6 is 35.0 Å². The lowest BCUT2D eigenvalue weighted by molar-refractivity contribution is 0.398. The molecule has 0 fully saturated rings. The zero-order valence-corrected chi connectivity index (χ0v) is 13.5. The lowest BCUT2D eigenvalue weighted by Crippen LogP contribution is -2.11. The molecule has 0 radical (unpaired) electrons. The predicted octanol–water partition coefficient (Wildman–Crippen LogP) is 5.35. The fraction of sp³-hybridized carbons (Fsp3) is 0.200. The van der Waals surface area contributed by atoms with Gasteiger partial charge in [-0.25, -0.2) is 4.39 Å². The van der Waals surface area contributed by atoms with E-state index in [1.165, 1.54) is 17.8 Å². The Morgan fingerprint density at radius 1 is 1.05 bits per heavy atom. The van der Waals surface area contributed by atoms with Gasteiger partial charge in [0.15, 0.2) is 0 Å². The quantitative estimate of drug-likeness (QED) is 0.744. The topological polar surface area (TPSA) is 3.24 Å². The Kier molecular flexibility index (Phi) is 5.33. The van der Waals surface area contributed by atoms with E-state index in [0.717, 1.165) is 15.4 Å². The van der Waals surface area contributed by atoms with Gasteiger partial charge in [-0.15, -0.1) is 0 Å². The van der Waals surface area contributed by atoms with Crippen molar-refractivity contribution in [2.75, 3.05) is 14.1 Å². The molecular formula is C15H14Cl2FNS. The van der Waals surface area contributed by atoms with Crippen LogP contribution in [0.5, 0.6) is 0 Å². The van der Waals surface area contributed by atoms with E-state index in [4.69, 9.17) is 23.2 Å². The van der Waals surface area contributed by atoms with Gasteiger partial charge in [0.1, 0.15) is 5.82 Å². The minimum Gasteiger partial charge on any atom is -0.305 e. The van der Waals surface area contributed by atoms with Gasteiger partial charge in [-0.3, -0.25) is 0 Å². The molecule has 0 aromatic heterocycles. The molecule has 0 aliphatic carbocycles. The fourth-order valence-electron chi connectivity index (χ4n) is 1.79. The van der Waals surface area contributed by atoms with Gasteiger partial charge in [-0.1, -0.05) is 35.0 Å². The molecule has 0 saturated carbocycles. The summed E-state index contributed by atoms with van der Waals surface area (Å²) in [6.45, 7) is 0.672. The molecule has 2 aromatic carbocycles. The van der Waals surface area contributed by atoms with Gasteiger partial charge in [0, 0.05) is 21.4 Å². The molecule has 0 N–H and O–H groups in total. The van der Waals surface area contributed by atoms with Crippen molar-refractivity contribution in [3.8, 4) is 0 Å². The summed E-state index contributed by atoms with van der Waals surface area (Å²) in [6, 6.07) is 10.2. The lowest BCUT2D eigenvalue weighted by Gasteiger charge is -2.14. The number of hydrogen-bond acceptors (Lipinski definition) is 2. The number of halogens is 3. The molecule has 0 atom stereocenters. The highest BCUT2D eigenvalue weighted by Crippen LogP contribution is 2.36. The average molecular weight is 330 g/mol. The molecular weight excluding hydrogens is 316 g/mol. The van der Waals surface area contributed by atoms with Crippen LogP contribution in [0.1, 0.15) is 5.56 Å². The molecule has 0 bridgehead atoms. The van der Waals surface area contributed by atoms with E-state index < -0.39 is 0 Å². The maximum Gasteiger partial charge on any atom is 0.123 e. The SMILES string of the molecule is CN(C)Cc1cc(F)ccc1Sc1ccc(Cl)cc1Cl. The molecule has 0 saturated heterocycles. The highest BCUT2D eigenvalue weighted by atomic mass is 35.5. The fourth-order valence-corrected chi connectivity index (χ4v) is 3.23. The molecule has 0 aliphatic rings. The van der Waals surface area contributed by atoms with Gasteiger partial charge in [-0.2, -0.15) is 0 Å². The minimum absolute atomic E-state index is 0.228. The Bertz CT molecular complexity index is 617. The number of hydrogen-bond donors (Lipinski definition) is 0. The second kappa shape index (κ2) is 6.81. The van der Waals surface area contributed by atoms with E-state index in [9.17, 15) is 4.39 Å². The van der Waals surface area contributed by atoms with Crippen LogP contribution in [-0.2, 0) is 6.54 Å². The normalized spacial score (nSPS) is 11.1. The first-order valence-corrected chi connectivity index (χ1v) is 7.59. The zero-order chi connectivity index (χ0) is 14.7. The summed E-state index contributed by atoms with van der Waals surface area (Å²) in [5.74, 6) is -0.228. The summed E-state index contributed by atoms with van der Waals surface area (Å²) in [5, 5.41) is 1.20. The Morgan fingerprint density at radius 3 is 2.40 bits per heavy atom. The van der Waals surface area contributed by atoms with Gasteiger partial charge in [0.25, 0.3) is 0 Å². The van der Waals surface area contributed by atoms with Crippen molar-refractivity contribution < 1.29 is 4.39 Å². The molecule has 106 valence electrons. The number of rotatable bonds is 4. The summed E-state index contributed by atoms with van der Waals surface area (Å²) in [4.78, 5) is 3.90. The summed E-state index contributed by atoms with van der Waals surface area (Å²) >= 11 is 13.6. The zero-order valence-electron chi connectivity index (χ0n) is 11.2. The highest BCUT2D eigenvalue weighted by Gasteiger charge is 2.10. The van der Waals surface area contributed by atoms with E-state index in [1.54, 1.807) is 24.3 Å². The van der Waals surface area contributed by atoms with Crippen molar-refractivity contribution in [1.29, 1.82) is 0 Å². The maximum absolute atomic E-state index is 13.4. The second-order valence-electron chi connectivity index (χ2n) is 4.67. The van der Waals surface area contributed by atoms with Gasteiger partial charge < -0.3 is 4.90 Å². The monoisotopic (exact) mass is 329 g/mol. The molecule has 20 heavy (non-hydrogen) atoms. The third-order valence-electron chi connectivity index (χ3n) is 2.62. The third-order valence-corrected chi connectivity index (χ3v) is 4.48. The Morgan fingerprint density at radius 2 is 1.75 bits per heavy atom. The Hall–Kier alpha value is -0.740. The van der Waals surface area contributed by atoms with Crippen LogP contribution in [0, 0.1) is 5.82 Å².